The molecule has 10 rings (SSSR count). The average Bonchev–Trinajstić information content (AvgIpc) is 4.06. The summed E-state index contributed by atoms with van der Waals surface area (Å²) in [5.74, 6) is -2.90. The van der Waals surface area contributed by atoms with Crippen LogP contribution in [0.5, 0.6) is 5.75 Å². The molecule has 1 saturated carbocycles. The van der Waals surface area contributed by atoms with Crippen LogP contribution >= 0.6 is 11.6 Å². The molecule has 4 fully saturated rings. The van der Waals surface area contributed by atoms with Gasteiger partial charge < -0.3 is 29.7 Å². The van der Waals surface area contributed by atoms with Crippen molar-refractivity contribution in [1.82, 2.24) is 29.5 Å². The molecule has 320 valence electrons. The number of hydrogen-bond donors (Lipinski definition) is 3. The third-order valence-corrected chi connectivity index (χ3v) is 13.7. The van der Waals surface area contributed by atoms with Crippen LogP contribution in [0.25, 0.3) is 21.8 Å². The third-order valence-electron chi connectivity index (χ3n) is 13.4. The van der Waals surface area contributed by atoms with Gasteiger partial charge in [-0.05, 0) is 80.3 Å². The van der Waals surface area contributed by atoms with Gasteiger partial charge in [0.05, 0.1) is 51.3 Å². The van der Waals surface area contributed by atoms with E-state index in [2.05, 4.69) is 53.8 Å². The van der Waals surface area contributed by atoms with E-state index in [1.165, 1.54) is 4.57 Å². The summed E-state index contributed by atoms with van der Waals surface area (Å²) >= 11 is 6.69. The molecule has 2 atom stereocenters. The molecule has 61 heavy (non-hydrogen) atoms. The smallest absolute Gasteiger partial charge is 0.301 e. The Labute approximate surface area is 356 Å². The number of halogens is 3. The summed E-state index contributed by atoms with van der Waals surface area (Å²) in [5, 5.41) is 15.7. The molecule has 7 heterocycles. The highest BCUT2D eigenvalue weighted by atomic mass is 35.5. The van der Waals surface area contributed by atoms with Gasteiger partial charge in [-0.2, -0.15) is 5.10 Å². The van der Waals surface area contributed by atoms with Crippen molar-refractivity contribution in [3.8, 4) is 5.75 Å². The summed E-state index contributed by atoms with van der Waals surface area (Å²) in [6.45, 7) is 5.75. The quantitative estimate of drug-likeness (QED) is 0.159. The van der Waals surface area contributed by atoms with E-state index in [0.717, 1.165) is 86.8 Å². The SMILES string of the molecule is Cn1nc(C2CCC(=O)NC2=O)c2ccc(N3CCN(CC4CCN(c5cc(Nc6ccc7c(c6)c6c(c(=O)n7C)OCC(F)(F)[C@H](C7CC7)N6)c(Cl)cn5)CC4)CC3)cc21. The number of aromatic nitrogens is 4. The summed E-state index contributed by atoms with van der Waals surface area (Å²) in [4.78, 5) is 49.5. The fourth-order valence-corrected chi connectivity index (χ4v) is 9.87. The highest BCUT2D eigenvalue weighted by Crippen LogP contribution is 2.46. The summed E-state index contributed by atoms with van der Waals surface area (Å²) in [5.41, 5.74) is 4.65. The number of nitrogens with zero attached hydrogens (tertiary/aromatic N) is 7. The molecule has 0 bridgehead atoms. The van der Waals surface area contributed by atoms with Gasteiger partial charge in [0, 0.05) is 94.5 Å². The Hall–Kier alpha value is -5.48. The first-order chi connectivity index (χ1) is 29.4. The Balaban J connectivity index is 0.763. The number of alkyl halides is 2. The van der Waals surface area contributed by atoms with Gasteiger partial charge in [-0.3, -0.25) is 29.3 Å². The number of piperidine rings is 2. The molecule has 14 nitrogen and oxygen atoms in total. The number of aryl methyl sites for hydroxylation is 2. The summed E-state index contributed by atoms with van der Waals surface area (Å²) in [7, 11) is 3.52. The number of fused-ring (bicyclic) bond motifs is 4. The van der Waals surface area contributed by atoms with E-state index >= 15 is 8.78 Å². The number of nitrogens with one attached hydrogen (secondary N) is 3. The molecule has 3 saturated heterocycles. The molecule has 2 aromatic carbocycles. The van der Waals surface area contributed by atoms with Crippen molar-refractivity contribution >= 4 is 73.8 Å². The van der Waals surface area contributed by atoms with Crippen LogP contribution in [0, 0.1) is 11.8 Å². The molecule has 17 heteroatoms. The summed E-state index contributed by atoms with van der Waals surface area (Å²) < 4.78 is 39.1. The number of rotatable bonds is 8. The van der Waals surface area contributed by atoms with Crippen LogP contribution in [0.4, 0.5) is 37.3 Å². The second-order valence-electron chi connectivity index (χ2n) is 17.4. The maximum absolute atomic E-state index is 15.2. The van der Waals surface area contributed by atoms with Crippen molar-refractivity contribution in [3.63, 3.8) is 0 Å². The largest absolute Gasteiger partial charge is 0.480 e. The normalized spacial score (nSPS) is 22.4. The lowest BCUT2D eigenvalue weighted by atomic mass is 9.93. The van der Waals surface area contributed by atoms with Gasteiger partial charge >= 0.3 is 5.92 Å². The van der Waals surface area contributed by atoms with Gasteiger partial charge in [0.15, 0.2) is 6.61 Å². The zero-order valence-corrected chi connectivity index (χ0v) is 35.0. The van der Waals surface area contributed by atoms with Gasteiger partial charge in [-0.15, -0.1) is 0 Å². The van der Waals surface area contributed by atoms with Crippen molar-refractivity contribution in [2.24, 2.45) is 25.9 Å². The summed E-state index contributed by atoms with van der Waals surface area (Å²) in [6, 6.07) is 12.7. The minimum Gasteiger partial charge on any atom is -0.480 e. The molecule has 1 aliphatic carbocycles. The highest BCUT2D eigenvalue weighted by Gasteiger charge is 2.51. The highest BCUT2D eigenvalue weighted by molar-refractivity contribution is 6.33. The molecule has 2 amide bonds. The molecule has 0 spiro atoms. The molecule has 1 unspecified atom stereocenters. The third kappa shape index (κ3) is 7.51. The minimum atomic E-state index is -3.12. The molecule has 5 aliphatic rings. The lowest BCUT2D eigenvalue weighted by molar-refractivity contribution is -0.134. The maximum Gasteiger partial charge on any atom is 0.301 e. The van der Waals surface area contributed by atoms with Crippen molar-refractivity contribution in [2.75, 3.05) is 72.9 Å². The van der Waals surface area contributed by atoms with Crippen molar-refractivity contribution in [3.05, 3.63) is 69.7 Å². The number of benzene rings is 2. The molecule has 3 N–H and O–H groups in total. The second-order valence-corrected chi connectivity index (χ2v) is 17.8. The number of pyridine rings is 2. The van der Waals surface area contributed by atoms with E-state index in [-0.39, 0.29) is 23.5 Å². The number of carbonyl (C=O) groups is 2. The van der Waals surface area contributed by atoms with Gasteiger partial charge in [0.1, 0.15) is 5.82 Å². The van der Waals surface area contributed by atoms with Gasteiger partial charge in [0.25, 0.3) is 5.56 Å². The first-order valence-electron chi connectivity index (χ1n) is 21.3. The monoisotopic (exact) mass is 854 g/mol. The van der Waals surface area contributed by atoms with E-state index in [1.807, 2.05) is 29.9 Å². The number of imide groups is 1. The van der Waals surface area contributed by atoms with Crippen LogP contribution in [-0.4, -0.2) is 100 Å². The lowest BCUT2D eigenvalue weighted by Crippen LogP contribution is -2.49. The molecular weight excluding hydrogens is 806 g/mol. The fraction of sp³-hybridized carbons (Fsp3) is 0.477. The van der Waals surface area contributed by atoms with Crippen LogP contribution in [0.3, 0.4) is 0 Å². The lowest BCUT2D eigenvalue weighted by Gasteiger charge is -2.40. The number of anilines is 5. The fourth-order valence-electron chi connectivity index (χ4n) is 9.72. The summed E-state index contributed by atoms with van der Waals surface area (Å²) in [6.07, 6.45) is 5.97. The Kier molecular flexibility index (Phi) is 10.0. The van der Waals surface area contributed by atoms with Crippen molar-refractivity contribution in [1.29, 1.82) is 0 Å². The predicted octanol–water partition coefficient (Wildman–Crippen LogP) is 5.99. The molecule has 0 radical (unpaired) electrons. The van der Waals surface area contributed by atoms with E-state index in [4.69, 9.17) is 21.4 Å². The molecular formula is C44H49ClF2N10O4. The number of piperazine rings is 1. The maximum atomic E-state index is 15.2. The number of amides is 2. The van der Waals surface area contributed by atoms with Crippen LogP contribution in [-0.2, 0) is 23.7 Å². The van der Waals surface area contributed by atoms with E-state index in [1.54, 1.807) is 19.3 Å². The Morgan fingerprint density at radius 2 is 1.69 bits per heavy atom. The van der Waals surface area contributed by atoms with Gasteiger partial charge in [-0.25, -0.2) is 13.8 Å². The topological polar surface area (TPSA) is 142 Å². The second kappa shape index (κ2) is 15.5. The van der Waals surface area contributed by atoms with E-state index in [9.17, 15) is 14.4 Å². The molecule has 3 aromatic heterocycles. The first-order valence-corrected chi connectivity index (χ1v) is 21.7. The van der Waals surface area contributed by atoms with Crippen LogP contribution < -0.4 is 36.0 Å². The predicted molar refractivity (Wildman–Crippen MR) is 232 cm³/mol. The van der Waals surface area contributed by atoms with E-state index < -0.39 is 30.0 Å². The van der Waals surface area contributed by atoms with E-state index in [0.29, 0.717) is 64.6 Å². The Morgan fingerprint density at radius 1 is 0.902 bits per heavy atom. The molecule has 5 aromatic rings. The van der Waals surface area contributed by atoms with Crippen LogP contribution in [0.1, 0.15) is 50.1 Å². The zero-order chi connectivity index (χ0) is 42.2. The van der Waals surface area contributed by atoms with Crippen molar-refractivity contribution < 1.29 is 23.1 Å². The zero-order valence-electron chi connectivity index (χ0n) is 34.2. The van der Waals surface area contributed by atoms with Crippen LogP contribution in [0.15, 0.2) is 53.5 Å². The van der Waals surface area contributed by atoms with Gasteiger partial charge in [-0.1, -0.05) is 11.6 Å². The number of hydrogen-bond acceptors (Lipinski definition) is 11. The van der Waals surface area contributed by atoms with Gasteiger partial charge in [0.2, 0.25) is 17.6 Å². The molecule has 4 aliphatic heterocycles. The number of ether oxygens (including phenoxy) is 1. The van der Waals surface area contributed by atoms with Crippen LogP contribution in [0.2, 0.25) is 5.02 Å². The number of carbonyl (C=O) groups excluding carboxylic acids is 2. The standard InChI is InChI=1S/C44H49ClF2N10O4/c1-53-34-9-5-27(19-31(34)39-40(43(53)60)61-24-44(46,47)41(51-39)26-3-4-26)49-33-21-36(48-22-32(33)45)57-13-11-25(12-14-57)23-55-15-17-56(18-16-55)28-6-7-29-35(20-28)54(2)52-38(29)30-8-10-37(58)50-42(30)59/h5-7,9,19-22,25-26,30,41,51H,3-4,8,10-18,23-24H2,1-2H3,(H,48,49)(H,50,58,59)/t30?,41-/m0/s1. The Bertz CT molecular complexity index is 2610. The first kappa shape index (κ1) is 39.6. The van der Waals surface area contributed by atoms with Crippen molar-refractivity contribution in [2.45, 2.75) is 56.4 Å². The average molecular weight is 855 g/mol. The Morgan fingerprint density at radius 3 is 2.44 bits per heavy atom. The minimum absolute atomic E-state index is 0.0894.